The first-order chi connectivity index (χ1) is 9.06. The number of hydrogen-bond acceptors (Lipinski definition) is 2. The summed E-state index contributed by atoms with van der Waals surface area (Å²) in [4.78, 5) is 12.2. The van der Waals surface area contributed by atoms with Gasteiger partial charge in [0.05, 0.1) is 5.54 Å². The van der Waals surface area contributed by atoms with Gasteiger partial charge in [-0.25, -0.2) is 0 Å². The van der Waals surface area contributed by atoms with E-state index in [4.69, 9.17) is 5.73 Å². The van der Waals surface area contributed by atoms with Crippen LogP contribution in [0.25, 0.3) is 0 Å². The van der Waals surface area contributed by atoms with Crippen LogP contribution in [0.3, 0.4) is 0 Å². The molecular weight excluding hydrogens is 272 g/mol. The van der Waals surface area contributed by atoms with E-state index in [1.807, 2.05) is 18.2 Å². The summed E-state index contributed by atoms with van der Waals surface area (Å²) in [5, 5.41) is 3.12. The van der Waals surface area contributed by atoms with E-state index in [1.165, 1.54) is 5.56 Å². The van der Waals surface area contributed by atoms with Crippen LogP contribution in [0.5, 0.6) is 0 Å². The molecule has 1 aromatic rings. The van der Waals surface area contributed by atoms with Crippen molar-refractivity contribution in [3.63, 3.8) is 0 Å². The Morgan fingerprint density at radius 3 is 2.25 bits per heavy atom. The van der Waals surface area contributed by atoms with Gasteiger partial charge < -0.3 is 11.1 Å². The average molecular weight is 299 g/mol. The van der Waals surface area contributed by atoms with E-state index in [1.54, 1.807) is 0 Å². The molecule has 3 nitrogen and oxygen atoms in total. The van der Waals surface area contributed by atoms with Gasteiger partial charge >= 0.3 is 0 Å². The molecule has 1 atom stereocenters. The van der Waals surface area contributed by atoms with Gasteiger partial charge in [0.2, 0.25) is 5.91 Å². The maximum absolute atomic E-state index is 12.2. The van der Waals surface area contributed by atoms with Gasteiger partial charge in [0, 0.05) is 13.0 Å². The summed E-state index contributed by atoms with van der Waals surface area (Å²) in [6.45, 7) is 6.71. The van der Waals surface area contributed by atoms with Crippen molar-refractivity contribution >= 4 is 18.3 Å². The molecule has 0 saturated heterocycles. The van der Waals surface area contributed by atoms with E-state index >= 15 is 0 Å². The Morgan fingerprint density at radius 1 is 1.25 bits per heavy atom. The number of carbonyl (C=O) groups is 1. The molecule has 1 unspecified atom stereocenters. The first-order valence-corrected chi connectivity index (χ1v) is 7.13. The molecule has 1 aromatic carbocycles. The third-order valence-corrected chi connectivity index (χ3v) is 4.01. The molecule has 0 aliphatic heterocycles. The summed E-state index contributed by atoms with van der Waals surface area (Å²) in [7, 11) is 0. The molecule has 20 heavy (non-hydrogen) atoms. The molecule has 0 heterocycles. The molecule has 3 N–H and O–H groups in total. The minimum Gasteiger partial charge on any atom is -0.349 e. The lowest BCUT2D eigenvalue weighted by molar-refractivity contribution is -0.123. The van der Waals surface area contributed by atoms with Crippen LogP contribution in [0, 0.1) is 0 Å². The summed E-state index contributed by atoms with van der Waals surface area (Å²) in [6, 6.07) is 10.1. The predicted molar refractivity (Wildman–Crippen MR) is 87.2 cm³/mol. The van der Waals surface area contributed by atoms with Gasteiger partial charge in [-0.1, -0.05) is 51.1 Å². The van der Waals surface area contributed by atoms with Crippen molar-refractivity contribution in [2.75, 3.05) is 6.54 Å². The van der Waals surface area contributed by atoms with Crippen molar-refractivity contribution in [3.05, 3.63) is 35.9 Å². The van der Waals surface area contributed by atoms with Gasteiger partial charge in [0.15, 0.2) is 0 Å². The fourth-order valence-corrected chi connectivity index (χ4v) is 2.29. The Kier molecular flexibility index (Phi) is 8.51. The third-order valence-electron chi connectivity index (χ3n) is 4.01. The monoisotopic (exact) mass is 298 g/mol. The van der Waals surface area contributed by atoms with Gasteiger partial charge in [-0.3, -0.25) is 4.79 Å². The SMILES string of the molecule is CCC(CC)(CN)NC(=O)CC(C)c1ccccc1.Cl. The van der Waals surface area contributed by atoms with Crippen LogP contribution in [0.15, 0.2) is 30.3 Å². The Hall–Kier alpha value is -1.06. The zero-order valence-corrected chi connectivity index (χ0v) is 13.5. The van der Waals surface area contributed by atoms with Crippen LogP contribution in [0.1, 0.15) is 51.5 Å². The minimum atomic E-state index is -0.243. The lowest BCUT2D eigenvalue weighted by atomic mass is 9.91. The maximum atomic E-state index is 12.2. The molecule has 114 valence electrons. The molecule has 0 aliphatic carbocycles. The van der Waals surface area contributed by atoms with Crippen LogP contribution in [-0.2, 0) is 4.79 Å². The molecule has 0 spiro atoms. The van der Waals surface area contributed by atoms with Crippen LogP contribution in [-0.4, -0.2) is 18.0 Å². The number of rotatable bonds is 7. The van der Waals surface area contributed by atoms with Crippen molar-refractivity contribution < 1.29 is 4.79 Å². The number of halogens is 1. The van der Waals surface area contributed by atoms with Crippen LogP contribution < -0.4 is 11.1 Å². The number of amides is 1. The highest BCUT2D eigenvalue weighted by Crippen LogP contribution is 2.20. The third kappa shape index (κ3) is 5.14. The molecule has 1 amide bonds. The molecule has 4 heteroatoms. The Labute approximate surface area is 128 Å². The Balaban J connectivity index is 0.00000361. The molecule has 0 aliphatic rings. The van der Waals surface area contributed by atoms with E-state index in [9.17, 15) is 4.79 Å². The summed E-state index contributed by atoms with van der Waals surface area (Å²) < 4.78 is 0. The standard InChI is InChI=1S/C16H26N2O.ClH/c1-4-16(5-2,12-17)18-15(19)11-13(3)14-9-7-6-8-10-14;/h6-10,13H,4-5,11-12,17H2,1-3H3,(H,18,19);1H. The molecule has 0 fully saturated rings. The highest BCUT2D eigenvalue weighted by Gasteiger charge is 2.26. The van der Waals surface area contributed by atoms with E-state index in [2.05, 4.69) is 38.2 Å². The second-order valence-corrected chi connectivity index (χ2v) is 5.26. The van der Waals surface area contributed by atoms with Gasteiger partial charge in [-0.15, -0.1) is 12.4 Å². The molecule has 0 bridgehead atoms. The highest BCUT2D eigenvalue weighted by atomic mass is 35.5. The van der Waals surface area contributed by atoms with E-state index in [-0.39, 0.29) is 29.8 Å². The minimum absolute atomic E-state index is 0. The van der Waals surface area contributed by atoms with Crippen molar-refractivity contribution in [2.24, 2.45) is 5.73 Å². The van der Waals surface area contributed by atoms with Crippen LogP contribution in [0.2, 0.25) is 0 Å². The van der Waals surface area contributed by atoms with Crippen molar-refractivity contribution in [3.8, 4) is 0 Å². The van der Waals surface area contributed by atoms with Gasteiger partial charge in [0.1, 0.15) is 0 Å². The lowest BCUT2D eigenvalue weighted by Crippen LogP contribution is -2.53. The lowest BCUT2D eigenvalue weighted by Gasteiger charge is -2.32. The summed E-state index contributed by atoms with van der Waals surface area (Å²) >= 11 is 0. The maximum Gasteiger partial charge on any atom is 0.221 e. The summed E-state index contributed by atoms with van der Waals surface area (Å²) in [5.41, 5.74) is 6.76. The first-order valence-electron chi connectivity index (χ1n) is 7.13. The fourth-order valence-electron chi connectivity index (χ4n) is 2.29. The summed E-state index contributed by atoms with van der Waals surface area (Å²) in [5.74, 6) is 0.316. The molecule has 0 saturated carbocycles. The normalized spacial score (nSPS) is 12.4. The molecule has 0 radical (unpaired) electrons. The highest BCUT2D eigenvalue weighted by molar-refractivity contribution is 5.85. The van der Waals surface area contributed by atoms with E-state index in [0.29, 0.717) is 13.0 Å². The second-order valence-electron chi connectivity index (χ2n) is 5.26. The molecule has 0 aromatic heterocycles. The van der Waals surface area contributed by atoms with Crippen molar-refractivity contribution in [2.45, 2.75) is 51.5 Å². The van der Waals surface area contributed by atoms with Gasteiger partial charge in [-0.05, 0) is 24.3 Å². The predicted octanol–water partition coefficient (Wildman–Crippen LogP) is 3.24. The Morgan fingerprint density at radius 2 is 1.80 bits per heavy atom. The summed E-state index contributed by atoms with van der Waals surface area (Å²) in [6.07, 6.45) is 2.24. The zero-order valence-electron chi connectivity index (χ0n) is 12.7. The Bertz CT molecular complexity index is 382. The fraction of sp³-hybridized carbons (Fsp3) is 0.562. The number of nitrogens with two attached hydrogens (primary N) is 1. The number of carbonyl (C=O) groups excluding carboxylic acids is 1. The van der Waals surface area contributed by atoms with E-state index < -0.39 is 0 Å². The van der Waals surface area contributed by atoms with Crippen molar-refractivity contribution in [1.29, 1.82) is 0 Å². The quantitative estimate of drug-likeness (QED) is 0.812. The second kappa shape index (κ2) is 8.98. The van der Waals surface area contributed by atoms with Gasteiger partial charge in [-0.2, -0.15) is 0 Å². The number of benzene rings is 1. The molecular formula is C16H27ClN2O. The van der Waals surface area contributed by atoms with Crippen LogP contribution in [0.4, 0.5) is 0 Å². The van der Waals surface area contributed by atoms with E-state index in [0.717, 1.165) is 12.8 Å². The smallest absolute Gasteiger partial charge is 0.221 e. The zero-order chi connectivity index (χ0) is 14.3. The van der Waals surface area contributed by atoms with Crippen molar-refractivity contribution in [1.82, 2.24) is 5.32 Å². The molecule has 1 rings (SSSR count). The number of nitrogens with one attached hydrogen (secondary N) is 1. The van der Waals surface area contributed by atoms with Crippen LogP contribution >= 0.6 is 12.4 Å². The first kappa shape index (κ1) is 18.9. The van der Waals surface area contributed by atoms with Gasteiger partial charge in [0.25, 0.3) is 0 Å². The topological polar surface area (TPSA) is 55.1 Å². The average Bonchev–Trinajstić information content (AvgIpc) is 2.46. The number of hydrogen-bond donors (Lipinski definition) is 2. The largest absolute Gasteiger partial charge is 0.349 e.